The third-order valence-corrected chi connectivity index (χ3v) is 7.10. The number of fused-ring (bicyclic) bond motifs is 1. The molecule has 1 amide bonds. The van der Waals surface area contributed by atoms with Crippen LogP contribution in [0.2, 0.25) is 0 Å². The molecule has 0 spiro atoms. The molecule has 0 radical (unpaired) electrons. The molecule has 1 aromatic carbocycles. The van der Waals surface area contributed by atoms with E-state index in [0.717, 1.165) is 23.8 Å². The van der Waals surface area contributed by atoms with E-state index < -0.39 is 5.60 Å². The van der Waals surface area contributed by atoms with Crippen LogP contribution < -0.4 is 10.1 Å². The Kier molecular flexibility index (Phi) is 8.63. The Morgan fingerprint density at radius 1 is 1.18 bits per heavy atom. The van der Waals surface area contributed by atoms with Gasteiger partial charge in [-0.1, -0.05) is 6.07 Å². The summed E-state index contributed by atoms with van der Waals surface area (Å²) < 4.78 is 12.2. The maximum Gasteiger partial charge on any atom is 0.244 e. The van der Waals surface area contributed by atoms with Gasteiger partial charge in [-0.15, -0.1) is 0 Å². The third kappa shape index (κ3) is 6.68. The summed E-state index contributed by atoms with van der Waals surface area (Å²) in [5, 5.41) is 18.8. The van der Waals surface area contributed by atoms with Crippen LogP contribution in [0.15, 0.2) is 36.5 Å². The highest BCUT2D eigenvalue weighted by Gasteiger charge is 2.32. The number of ketones is 1. The summed E-state index contributed by atoms with van der Waals surface area (Å²) in [5.41, 5.74) is 1.05. The summed E-state index contributed by atoms with van der Waals surface area (Å²) in [5.74, 6) is 1.24. The van der Waals surface area contributed by atoms with Crippen molar-refractivity contribution in [1.29, 1.82) is 0 Å². The summed E-state index contributed by atoms with van der Waals surface area (Å²) in [6.45, 7) is 6.18. The van der Waals surface area contributed by atoms with Crippen LogP contribution in [-0.2, 0) is 22.5 Å². The molecule has 0 aliphatic carbocycles. The van der Waals surface area contributed by atoms with Crippen molar-refractivity contribution >= 4 is 28.4 Å². The van der Waals surface area contributed by atoms with Gasteiger partial charge in [0.2, 0.25) is 5.91 Å². The standard InChI is InChI=1S/C28H37N5O5/c1-28(2,36)21-8-11-32(12-9-21)27(35)18-33-17-20-14-19(25(38-4)16-23(20)31-33)15-24(34)22-6-5-7-26(30-22)29-10-13-37-3/h5-7,14,16-17,21,36H,8-13,15,18H2,1-4H3,(H,29,30). The molecule has 1 saturated heterocycles. The predicted octanol–water partition coefficient (Wildman–Crippen LogP) is 2.93. The zero-order valence-corrected chi connectivity index (χ0v) is 22.6. The van der Waals surface area contributed by atoms with Gasteiger partial charge in [0.1, 0.15) is 23.8 Å². The molecule has 1 fully saturated rings. The number of nitrogens with one attached hydrogen (secondary N) is 1. The zero-order valence-electron chi connectivity index (χ0n) is 22.6. The molecule has 0 bridgehead atoms. The lowest BCUT2D eigenvalue weighted by Gasteiger charge is -2.37. The lowest BCUT2D eigenvalue weighted by molar-refractivity contribution is -0.134. The molecule has 10 heteroatoms. The SMILES string of the molecule is COCCNc1cccc(C(=O)Cc2cc3cn(CC(=O)N4CCC(C(C)(C)O)CC4)nc3cc2OC)n1. The van der Waals surface area contributed by atoms with E-state index in [1.807, 2.05) is 37.1 Å². The fourth-order valence-electron chi connectivity index (χ4n) is 4.87. The summed E-state index contributed by atoms with van der Waals surface area (Å²) in [6.07, 6.45) is 3.51. The molecule has 0 atom stereocenters. The lowest BCUT2D eigenvalue weighted by Crippen LogP contribution is -2.45. The van der Waals surface area contributed by atoms with Crippen LogP contribution in [0, 0.1) is 5.92 Å². The van der Waals surface area contributed by atoms with E-state index in [2.05, 4.69) is 15.4 Å². The van der Waals surface area contributed by atoms with Gasteiger partial charge < -0.3 is 24.8 Å². The number of carbonyl (C=O) groups is 2. The number of carbonyl (C=O) groups excluding carboxylic acids is 2. The molecule has 10 nitrogen and oxygen atoms in total. The number of rotatable bonds is 11. The van der Waals surface area contributed by atoms with Crippen molar-refractivity contribution in [2.24, 2.45) is 5.92 Å². The van der Waals surface area contributed by atoms with E-state index >= 15 is 0 Å². The predicted molar refractivity (Wildman–Crippen MR) is 145 cm³/mol. The molecular weight excluding hydrogens is 486 g/mol. The Bertz CT molecular complexity index is 1270. The summed E-state index contributed by atoms with van der Waals surface area (Å²) in [7, 11) is 3.19. The number of aromatic nitrogens is 3. The number of amides is 1. The number of methoxy groups -OCH3 is 2. The number of nitrogens with zero attached hydrogens (tertiary/aromatic N) is 4. The van der Waals surface area contributed by atoms with Gasteiger partial charge in [-0.2, -0.15) is 5.10 Å². The molecule has 2 aromatic heterocycles. The Morgan fingerprint density at radius 2 is 1.95 bits per heavy atom. The molecular formula is C28H37N5O5. The minimum atomic E-state index is -0.729. The number of hydrogen-bond acceptors (Lipinski definition) is 8. The van der Waals surface area contributed by atoms with Crippen molar-refractivity contribution in [3.05, 3.63) is 47.8 Å². The van der Waals surface area contributed by atoms with Gasteiger partial charge in [0.15, 0.2) is 5.78 Å². The molecule has 2 N–H and O–H groups in total. The topological polar surface area (TPSA) is 119 Å². The number of piperidine rings is 1. The molecule has 0 saturated carbocycles. The highest BCUT2D eigenvalue weighted by atomic mass is 16.5. The van der Waals surface area contributed by atoms with Crippen molar-refractivity contribution in [1.82, 2.24) is 19.7 Å². The number of pyridine rings is 1. The van der Waals surface area contributed by atoms with Crippen LogP contribution in [0.1, 0.15) is 42.7 Å². The van der Waals surface area contributed by atoms with Crippen LogP contribution in [-0.4, -0.2) is 82.5 Å². The van der Waals surface area contributed by atoms with Gasteiger partial charge in [-0.25, -0.2) is 4.98 Å². The van der Waals surface area contributed by atoms with Crippen LogP contribution >= 0.6 is 0 Å². The van der Waals surface area contributed by atoms with E-state index in [-0.39, 0.29) is 30.6 Å². The van der Waals surface area contributed by atoms with E-state index in [4.69, 9.17) is 9.47 Å². The fraction of sp³-hybridized carbons (Fsp3) is 0.500. The van der Waals surface area contributed by atoms with Gasteiger partial charge >= 0.3 is 0 Å². The normalized spacial score (nSPS) is 14.6. The van der Waals surface area contributed by atoms with E-state index in [1.54, 1.807) is 37.1 Å². The number of aliphatic hydroxyl groups is 1. The minimum Gasteiger partial charge on any atom is -0.496 e. The van der Waals surface area contributed by atoms with Crippen molar-refractivity contribution in [2.75, 3.05) is 45.8 Å². The highest BCUT2D eigenvalue weighted by molar-refractivity contribution is 5.97. The quantitative estimate of drug-likeness (QED) is 0.291. The van der Waals surface area contributed by atoms with Crippen LogP contribution in [0.5, 0.6) is 5.75 Å². The molecule has 3 aromatic rings. The Balaban J connectivity index is 1.44. The third-order valence-electron chi connectivity index (χ3n) is 7.10. The number of benzene rings is 1. The second-order valence-electron chi connectivity index (χ2n) is 10.3. The van der Waals surface area contributed by atoms with E-state index in [9.17, 15) is 14.7 Å². The summed E-state index contributed by atoms with van der Waals surface area (Å²) >= 11 is 0. The smallest absolute Gasteiger partial charge is 0.244 e. The second kappa shape index (κ2) is 11.9. The van der Waals surface area contributed by atoms with E-state index in [0.29, 0.717) is 49.0 Å². The lowest BCUT2D eigenvalue weighted by atomic mass is 9.83. The minimum absolute atomic E-state index is 0.000525. The molecule has 204 valence electrons. The highest BCUT2D eigenvalue weighted by Crippen LogP contribution is 2.29. The van der Waals surface area contributed by atoms with Crippen molar-refractivity contribution < 1.29 is 24.2 Å². The Hall–Kier alpha value is -3.50. The maximum absolute atomic E-state index is 13.1. The van der Waals surface area contributed by atoms with Crippen LogP contribution in [0.4, 0.5) is 5.82 Å². The first kappa shape index (κ1) is 27.5. The molecule has 38 heavy (non-hydrogen) atoms. The summed E-state index contributed by atoms with van der Waals surface area (Å²) in [6, 6.07) is 8.98. The van der Waals surface area contributed by atoms with Gasteiger partial charge in [0.05, 0.1) is 24.8 Å². The van der Waals surface area contributed by atoms with Crippen molar-refractivity contribution in [3.8, 4) is 5.75 Å². The largest absolute Gasteiger partial charge is 0.496 e. The van der Waals surface area contributed by atoms with Crippen LogP contribution in [0.25, 0.3) is 10.9 Å². The van der Waals surface area contributed by atoms with E-state index in [1.165, 1.54) is 0 Å². The monoisotopic (exact) mass is 523 g/mol. The number of ether oxygens (including phenoxy) is 2. The number of anilines is 1. The molecule has 4 rings (SSSR count). The second-order valence-corrected chi connectivity index (χ2v) is 10.3. The van der Waals surface area contributed by atoms with Crippen molar-refractivity contribution in [2.45, 2.75) is 45.3 Å². The number of Topliss-reactive ketones (excluding diaryl/α,β-unsaturated/α-hetero) is 1. The van der Waals surface area contributed by atoms with Gasteiger partial charge in [-0.3, -0.25) is 14.3 Å². The Morgan fingerprint density at radius 3 is 2.63 bits per heavy atom. The molecule has 1 aliphatic heterocycles. The molecule has 0 unspecified atom stereocenters. The zero-order chi connectivity index (χ0) is 27.3. The first-order chi connectivity index (χ1) is 18.2. The number of hydrogen-bond donors (Lipinski definition) is 2. The summed E-state index contributed by atoms with van der Waals surface area (Å²) in [4.78, 5) is 32.2. The van der Waals surface area contributed by atoms with Gasteiger partial charge in [-0.05, 0) is 50.8 Å². The molecule has 3 heterocycles. The Labute approximate surface area is 222 Å². The average molecular weight is 524 g/mol. The first-order valence-corrected chi connectivity index (χ1v) is 12.9. The number of likely N-dealkylation sites (tertiary alicyclic amines) is 1. The molecule has 1 aliphatic rings. The first-order valence-electron chi connectivity index (χ1n) is 12.9. The van der Waals surface area contributed by atoms with Gasteiger partial charge in [0, 0.05) is 56.4 Å². The van der Waals surface area contributed by atoms with Crippen LogP contribution in [0.3, 0.4) is 0 Å². The van der Waals surface area contributed by atoms with Crippen molar-refractivity contribution in [3.63, 3.8) is 0 Å². The van der Waals surface area contributed by atoms with Gasteiger partial charge in [0.25, 0.3) is 0 Å². The fourth-order valence-corrected chi connectivity index (χ4v) is 4.87. The average Bonchev–Trinajstić information content (AvgIpc) is 3.29. The maximum atomic E-state index is 13.1.